The van der Waals surface area contributed by atoms with E-state index in [0.717, 1.165) is 5.56 Å². The third kappa shape index (κ3) is 5.97. The van der Waals surface area contributed by atoms with Crippen LogP contribution in [0.15, 0.2) is 48.7 Å². The number of nitrogens with zero attached hydrogens (tertiary/aromatic N) is 3. The van der Waals surface area contributed by atoms with Gasteiger partial charge in [0.1, 0.15) is 12.3 Å². The maximum Gasteiger partial charge on any atom is 0.311 e. The second kappa shape index (κ2) is 10.6. The lowest BCUT2D eigenvalue weighted by Gasteiger charge is -2.11. The third-order valence-corrected chi connectivity index (χ3v) is 4.97. The molecular formula is C24H27N5O5. The highest BCUT2D eigenvalue weighted by Crippen LogP contribution is 2.28. The molecule has 3 aromatic rings. The van der Waals surface area contributed by atoms with Gasteiger partial charge < -0.3 is 15.4 Å². The summed E-state index contributed by atoms with van der Waals surface area (Å²) in [5, 5.41) is 20.9. The van der Waals surface area contributed by atoms with Crippen molar-refractivity contribution in [3.8, 4) is 5.75 Å². The van der Waals surface area contributed by atoms with E-state index in [0.29, 0.717) is 23.4 Å². The lowest BCUT2D eigenvalue weighted by atomic mass is 10.1. The molecule has 34 heavy (non-hydrogen) atoms. The van der Waals surface area contributed by atoms with E-state index >= 15 is 0 Å². The molecule has 0 unspecified atom stereocenters. The van der Waals surface area contributed by atoms with Gasteiger partial charge in [-0.1, -0.05) is 32.0 Å². The van der Waals surface area contributed by atoms with Crippen LogP contribution >= 0.6 is 0 Å². The molecule has 10 nitrogen and oxygen atoms in total. The quantitative estimate of drug-likeness (QED) is 0.365. The standard InChI is InChI=1S/C24H27N5O5/c1-15(2)12-25-24(31)22-19(13-26-28(22)4)27-23(30)18-7-5-6-17(11-18)14-34-21-9-8-16(3)10-20(21)29(32)33/h5-11,13,15H,12,14H2,1-4H3,(H,25,31)(H,27,30). The number of carbonyl (C=O) groups excluding carboxylic acids is 2. The molecular weight excluding hydrogens is 438 g/mol. The number of hydrogen-bond donors (Lipinski definition) is 2. The number of rotatable bonds is 9. The highest BCUT2D eigenvalue weighted by molar-refractivity contribution is 6.08. The number of benzene rings is 2. The molecule has 0 fully saturated rings. The predicted octanol–water partition coefficient (Wildman–Crippen LogP) is 3.85. The van der Waals surface area contributed by atoms with Crippen molar-refractivity contribution in [2.24, 2.45) is 13.0 Å². The molecule has 0 saturated carbocycles. The van der Waals surface area contributed by atoms with Crippen molar-refractivity contribution in [2.75, 3.05) is 11.9 Å². The van der Waals surface area contributed by atoms with Gasteiger partial charge in [-0.2, -0.15) is 5.10 Å². The predicted molar refractivity (Wildman–Crippen MR) is 127 cm³/mol. The molecule has 2 aromatic carbocycles. The molecule has 10 heteroatoms. The lowest BCUT2D eigenvalue weighted by Crippen LogP contribution is -2.30. The first kappa shape index (κ1) is 24.4. The molecule has 0 aliphatic heterocycles. The van der Waals surface area contributed by atoms with E-state index in [1.807, 2.05) is 13.8 Å². The number of aryl methyl sites for hydroxylation is 2. The van der Waals surface area contributed by atoms with Gasteiger partial charge in [0.15, 0.2) is 5.75 Å². The van der Waals surface area contributed by atoms with E-state index in [-0.39, 0.29) is 35.6 Å². The average molecular weight is 466 g/mol. The first-order valence-corrected chi connectivity index (χ1v) is 10.7. The van der Waals surface area contributed by atoms with Crippen LogP contribution in [0.3, 0.4) is 0 Å². The summed E-state index contributed by atoms with van der Waals surface area (Å²) in [5.41, 5.74) is 2.19. The molecule has 2 amide bonds. The van der Waals surface area contributed by atoms with Crippen molar-refractivity contribution < 1.29 is 19.2 Å². The SMILES string of the molecule is Cc1ccc(OCc2cccc(C(=O)Nc3cnn(C)c3C(=O)NCC(C)C)c2)c([N+](=O)[O-])c1. The Labute approximate surface area is 197 Å². The Hall–Kier alpha value is -4.21. The smallest absolute Gasteiger partial charge is 0.311 e. The number of nitro groups is 1. The second-order valence-corrected chi connectivity index (χ2v) is 8.31. The van der Waals surface area contributed by atoms with Gasteiger partial charge in [-0.3, -0.25) is 24.4 Å². The highest BCUT2D eigenvalue weighted by atomic mass is 16.6. The Bertz CT molecular complexity index is 1220. The van der Waals surface area contributed by atoms with E-state index in [1.54, 1.807) is 50.4 Å². The molecule has 1 heterocycles. The number of anilines is 1. The Kier molecular flexibility index (Phi) is 7.62. The third-order valence-electron chi connectivity index (χ3n) is 4.97. The maximum absolute atomic E-state index is 12.9. The molecule has 1 aromatic heterocycles. The van der Waals surface area contributed by atoms with Crippen LogP contribution in [0.4, 0.5) is 11.4 Å². The zero-order chi connectivity index (χ0) is 24.8. The Morgan fingerprint density at radius 3 is 2.65 bits per heavy atom. The monoisotopic (exact) mass is 465 g/mol. The van der Waals surface area contributed by atoms with E-state index in [9.17, 15) is 19.7 Å². The summed E-state index contributed by atoms with van der Waals surface area (Å²) >= 11 is 0. The molecule has 0 bridgehead atoms. The first-order chi connectivity index (χ1) is 16.2. The van der Waals surface area contributed by atoms with Gasteiger partial charge in [-0.15, -0.1) is 0 Å². The first-order valence-electron chi connectivity index (χ1n) is 10.7. The number of nitro benzene ring substituents is 1. The van der Waals surface area contributed by atoms with Crippen LogP contribution in [0.5, 0.6) is 5.75 Å². The van der Waals surface area contributed by atoms with E-state index in [1.165, 1.54) is 16.9 Å². The van der Waals surface area contributed by atoms with Crippen molar-refractivity contribution in [3.05, 3.63) is 81.2 Å². The molecule has 0 atom stereocenters. The van der Waals surface area contributed by atoms with Gasteiger partial charge in [-0.05, 0) is 42.2 Å². The van der Waals surface area contributed by atoms with Crippen molar-refractivity contribution in [2.45, 2.75) is 27.4 Å². The fraction of sp³-hybridized carbons (Fsp3) is 0.292. The molecule has 178 valence electrons. The fourth-order valence-electron chi connectivity index (χ4n) is 3.23. The molecule has 0 aliphatic rings. The van der Waals surface area contributed by atoms with Crippen LogP contribution < -0.4 is 15.4 Å². The zero-order valence-corrected chi connectivity index (χ0v) is 19.5. The van der Waals surface area contributed by atoms with Crippen LogP contribution in [0.25, 0.3) is 0 Å². The minimum atomic E-state index is -0.491. The summed E-state index contributed by atoms with van der Waals surface area (Å²) in [6.45, 7) is 6.28. The number of amides is 2. The summed E-state index contributed by atoms with van der Waals surface area (Å²) in [6, 6.07) is 11.4. The normalized spacial score (nSPS) is 10.7. The van der Waals surface area contributed by atoms with E-state index < -0.39 is 10.8 Å². The molecule has 3 rings (SSSR count). The number of aromatic nitrogens is 2. The van der Waals surface area contributed by atoms with Crippen LogP contribution in [-0.2, 0) is 13.7 Å². The number of carbonyl (C=O) groups is 2. The summed E-state index contributed by atoms with van der Waals surface area (Å²) < 4.78 is 7.06. The van der Waals surface area contributed by atoms with Crippen LogP contribution in [0.1, 0.15) is 45.8 Å². The van der Waals surface area contributed by atoms with Crippen LogP contribution in [-0.4, -0.2) is 33.1 Å². The van der Waals surface area contributed by atoms with Crippen molar-refractivity contribution in [3.63, 3.8) is 0 Å². The van der Waals surface area contributed by atoms with Crippen molar-refractivity contribution in [1.82, 2.24) is 15.1 Å². The van der Waals surface area contributed by atoms with Gasteiger partial charge in [0.05, 0.1) is 16.8 Å². The summed E-state index contributed by atoms with van der Waals surface area (Å²) in [7, 11) is 1.63. The van der Waals surface area contributed by atoms with Gasteiger partial charge >= 0.3 is 5.69 Å². The number of ether oxygens (including phenoxy) is 1. The Balaban J connectivity index is 1.72. The van der Waals surface area contributed by atoms with Crippen LogP contribution in [0, 0.1) is 23.0 Å². The van der Waals surface area contributed by atoms with Crippen LogP contribution in [0.2, 0.25) is 0 Å². The molecule has 2 N–H and O–H groups in total. The zero-order valence-electron chi connectivity index (χ0n) is 19.5. The number of nitrogens with one attached hydrogen (secondary N) is 2. The minimum Gasteiger partial charge on any atom is -0.482 e. The topological polar surface area (TPSA) is 128 Å². The minimum absolute atomic E-state index is 0.0424. The largest absolute Gasteiger partial charge is 0.482 e. The molecule has 0 aliphatic carbocycles. The molecule has 0 saturated heterocycles. The van der Waals surface area contributed by atoms with E-state index in [4.69, 9.17) is 4.74 Å². The number of hydrogen-bond acceptors (Lipinski definition) is 6. The van der Waals surface area contributed by atoms with Gasteiger partial charge in [-0.25, -0.2) is 0 Å². The summed E-state index contributed by atoms with van der Waals surface area (Å²) in [6.07, 6.45) is 1.42. The Morgan fingerprint density at radius 1 is 1.18 bits per heavy atom. The molecule has 0 radical (unpaired) electrons. The highest BCUT2D eigenvalue weighted by Gasteiger charge is 2.20. The molecule has 0 spiro atoms. The van der Waals surface area contributed by atoms with Gasteiger partial charge in [0.2, 0.25) is 0 Å². The van der Waals surface area contributed by atoms with Crippen molar-refractivity contribution in [1.29, 1.82) is 0 Å². The second-order valence-electron chi connectivity index (χ2n) is 8.31. The summed E-state index contributed by atoms with van der Waals surface area (Å²) in [5.74, 6) is -0.320. The van der Waals surface area contributed by atoms with Gasteiger partial charge in [0.25, 0.3) is 11.8 Å². The summed E-state index contributed by atoms with van der Waals surface area (Å²) in [4.78, 5) is 36.2. The fourth-order valence-corrected chi connectivity index (χ4v) is 3.23. The van der Waals surface area contributed by atoms with Gasteiger partial charge in [0, 0.05) is 25.2 Å². The average Bonchev–Trinajstić information content (AvgIpc) is 3.16. The van der Waals surface area contributed by atoms with Crippen molar-refractivity contribution >= 4 is 23.2 Å². The Morgan fingerprint density at radius 2 is 1.94 bits per heavy atom. The maximum atomic E-state index is 12.9. The van der Waals surface area contributed by atoms with E-state index in [2.05, 4.69) is 15.7 Å². The lowest BCUT2D eigenvalue weighted by molar-refractivity contribution is -0.386.